The highest BCUT2D eigenvalue weighted by Gasteiger charge is 2.29. The molecule has 0 aromatic rings. The number of hydrogen-bond acceptors (Lipinski definition) is 1. The van der Waals surface area contributed by atoms with E-state index in [0.717, 1.165) is 19.4 Å². The van der Waals surface area contributed by atoms with Gasteiger partial charge in [0.1, 0.15) is 0 Å². The molecule has 1 aliphatic heterocycles. The molecule has 0 N–H and O–H groups in total. The molecule has 113 valence electrons. The maximum Gasteiger partial charge on any atom is 0.298 e. The minimum Gasteiger partial charge on any atom is -0.329 e. The minimum absolute atomic E-state index is 0. The molecule has 0 aromatic carbocycles. The predicted molar refractivity (Wildman–Crippen MR) is 90.3 cm³/mol. The molecule has 2 nitrogen and oxygen atoms in total. The summed E-state index contributed by atoms with van der Waals surface area (Å²) in [5.41, 5.74) is 0. The first-order chi connectivity index (χ1) is 7.16. The fourth-order valence-electron chi connectivity index (χ4n) is 1.92. The Balaban J connectivity index is -0.000000104. The minimum atomic E-state index is -0.00120. The maximum atomic E-state index is 11.5. The molecule has 0 aliphatic carbocycles. The number of hydrogen-bond donors (Lipinski definition) is 0. The van der Waals surface area contributed by atoms with Gasteiger partial charge in [-0.3, -0.25) is 4.79 Å². The highest BCUT2D eigenvalue weighted by molar-refractivity contribution is 5.93. The van der Waals surface area contributed by atoms with Crippen molar-refractivity contribution in [2.75, 3.05) is 6.54 Å². The van der Waals surface area contributed by atoms with Crippen LogP contribution in [0, 0.1) is 17.8 Å². The Labute approximate surface area is 124 Å². The van der Waals surface area contributed by atoms with Gasteiger partial charge in [0, 0.05) is 21.0 Å². The van der Waals surface area contributed by atoms with E-state index in [9.17, 15) is 4.79 Å². The van der Waals surface area contributed by atoms with Crippen molar-refractivity contribution in [1.29, 1.82) is 0 Å². The second-order valence-electron chi connectivity index (χ2n) is 3.83. The van der Waals surface area contributed by atoms with Gasteiger partial charge in [-0.05, 0) is 31.6 Å². The van der Waals surface area contributed by atoms with Crippen LogP contribution >= 0.6 is 0 Å². The quantitative estimate of drug-likeness (QED) is 0.515. The first-order valence-electron chi connectivity index (χ1n) is 5.90. The second-order valence-corrected chi connectivity index (χ2v) is 3.83. The third-order valence-corrected chi connectivity index (χ3v) is 2.56. The maximum absolute atomic E-state index is 11.5. The summed E-state index contributed by atoms with van der Waals surface area (Å²) in [6.45, 7) is 10.9. The van der Waals surface area contributed by atoms with Crippen LogP contribution < -0.4 is 0 Å². The zero-order chi connectivity index (χ0) is 11.8. The van der Waals surface area contributed by atoms with Crippen molar-refractivity contribution in [3.05, 3.63) is 0 Å². The lowest BCUT2D eigenvalue weighted by atomic mass is 10.0. The summed E-state index contributed by atoms with van der Waals surface area (Å²) >= 11 is 0. The van der Waals surface area contributed by atoms with E-state index in [1.165, 1.54) is 0 Å². The lowest BCUT2D eigenvalue weighted by Gasteiger charge is -2.25. The van der Waals surface area contributed by atoms with Crippen LogP contribution in [0.3, 0.4) is 0 Å². The lowest BCUT2D eigenvalue weighted by Crippen LogP contribution is -2.37. The van der Waals surface area contributed by atoms with E-state index in [4.69, 9.17) is 0 Å². The van der Waals surface area contributed by atoms with Gasteiger partial charge in [-0.25, -0.2) is 0 Å². The molecule has 1 atom stereocenters. The van der Waals surface area contributed by atoms with Crippen molar-refractivity contribution < 1.29 is 4.79 Å². The Morgan fingerprint density at radius 2 is 1.68 bits per heavy atom. The number of amides is 1. The Morgan fingerprint density at radius 3 is 2.05 bits per heavy atom. The molecule has 1 fully saturated rings. The Hall–Kier alpha value is -0.905. The summed E-state index contributed by atoms with van der Waals surface area (Å²) in [7, 11) is 0. The highest BCUT2D eigenvalue weighted by atomic mass is 16.2. The van der Waals surface area contributed by atoms with Gasteiger partial charge in [-0.15, -0.1) is 0 Å². The van der Waals surface area contributed by atoms with E-state index in [2.05, 4.69) is 25.7 Å². The van der Waals surface area contributed by atoms with E-state index in [-0.39, 0.29) is 36.6 Å². The van der Waals surface area contributed by atoms with Crippen molar-refractivity contribution in [3.8, 4) is 11.8 Å². The standard InChI is InChI=1S/C11H17NO.C2H6.3CH4.B/c1-4-6-11(13)12-8-5-7-10(12)9(2)3;1-2;;;;/h9-10H,5,7-8H2,1-3H3;1-2H3;3*1H4;. The van der Waals surface area contributed by atoms with E-state index in [1.807, 2.05) is 18.7 Å². The van der Waals surface area contributed by atoms with Gasteiger partial charge in [-0.2, -0.15) is 0 Å². The molecule has 3 radical (unpaired) electrons. The van der Waals surface area contributed by atoms with E-state index >= 15 is 0 Å². The molecule has 3 heteroatoms. The van der Waals surface area contributed by atoms with Crippen LogP contribution in [0.5, 0.6) is 0 Å². The van der Waals surface area contributed by atoms with Crippen LogP contribution in [-0.4, -0.2) is 31.8 Å². The topological polar surface area (TPSA) is 20.3 Å². The monoisotopic (exact) mass is 268 g/mol. The highest BCUT2D eigenvalue weighted by Crippen LogP contribution is 2.23. The average molecular weight is 268 g/mol. The largest absolute Gasteiger partial charge is 0.329 e. The molecule has 0 aromatic heterocycles. The number of carbonyl (C=O) groups excluding carboxylic acids is 1. The predicted octanol–water partition coefficient (Wildman–Crippen LogP) is 4.21. The van der Waals surface area contributed by atoms with E-state index < -0.39 is 0 Å². The zero-order valence-electron chi connectivity index (χ0n) is 11.2. The Bertz CT molecular complexity index is 253. The number of carbonyl (C=O) groups is 1. The van der Waals surface area contributed by atoms with E-state index in [1.54, 1.807) is 6.92 Å². The summed E-state index contributed by atoms with van der Waals surface area (Å²) in [6.07, 6.45) is 2.26. The normalized spacial score (nSPS) is 15.1. The number of likely N-dealkylation sites (tertiary alicyclic amines) is 1. The summed E-state index contributed by atoms with van der Waals surface area (Å²) in [4.78, 5) is 13.4. The average Bonchev–Trinajstić information content (AvgIpc) is 2.69. The molecule has 1 unspecified atom stereocenters. The van der Waals surface area contributed by atoms with Crippen LogP contribution in [0.15, 0.2) is 0 Å². The SMILES string of the molecule is C.C.C.CC.CC#CC(=O)N1CCCC1C(C)C.[B]. The number of rotatable bonds is 1. The van der Waals surface area contributed by atoms with Crippen molar-refractivity contribution in [1.82, 2.24) is 4.90 Å². The molecular formula is C16H35BNO. The van der Waals surface area contributed by atoms with Crippen LogP contribution in [0.25, 0.3) is 0 Å². The third kappa shape index (κ3) is 9.65. The molecule has 1 rings (SSSR count). The molecule has 1 saturated heterocycles. The van der Waals surface area contributed by atoms with Crippen LogP contribution in [0.4, 0.5) is 0 Å². The summed E-state index contributed by atoms with van der Waals surface area (Å²) in [5.74, 6) is 5.82. The van der Waals surface area contributed by atoms with Crippen molar-refractivity contribution in [2.24, 2.45) is 5.92 Å². The molecule has 0 saturated carbocycles. The second kappa shape index (κ2) is 17.1. The molecular weight excluding hydrogens is 233 g/mol. The Kier molecular flexibility index (Phi) is 27.7. The summed E-state index contributed by atoms with van der Waals surface area (Å²) in [5, 5.41) is 0. The third-order valence-electron chi connectivity index (χ3n) is 2.56. The molecule has 1 amide bonds. The molecule has 19 heavy (non-hydrogen) atoms. The van der Waals surface area contributed by atoms with Gasteiger partial charge in [0.2, 0.25) is 0 Å². The van der Waals surface area contributed by atoms with Crippen molar-refractivity contribution in [3.63, 3.8) is 0 Å². The van der Waals surface area contributed by atoms with Gasteiger partial charge in [0.05, 0.1) is 0 Å². The molecule has 0 bridgehead atoms. The smallest absolute Gasteiger partial charge is 0.298 e. The zero-order valence-corrected chi connectivity index (χ0v) is 11.2. The van der Waals surface area contributed by atoms with Gasteiger partial charge in [0.15, 0.2) is 0 Å². The lowest BCUT2D eigenvalue weighted by molar-refractivity contribution is -0.126. The van der Waals surface area contributed by atoms with Gasteiger partial charge >= 0.3 is 0 Å². The Morgan fingerprint density at radius 1 is 1.21 bits per heavy atom. The summed E-state index contributed by atoms with van der Waals surface area (Å²) < 4.78 is 0. The van der Waals surface area contributed by atoms with Gasteiger partial charge in [-0.1, -0.05) is 55.9 Å². The van der Waals surface area contributed by atoms with Gasteiger partial charge in [0.25, 0.3) is 5.91 Å². The van der Waals surface area contributed by atoms with Crippen LogP contribution in [0.2, 0.25) is 0 Å². The van der Waals surface area contributed by atoms with E-state index in [0.29, 0.717) is 12.0 Å². The van der Waals surface area contributed by atoms with Crippen molar-refractivity contribution >= 4 is 14.3 Å². The molecule has 1 aliphatic rings. The van der Waals surface area contributed by atoms with Crippen LogP contribution in [0.1, 0.15) is 69.7 Å². The van der Waals surface area contributed by atoms with Gasteiger partial charge < -0.3 is 4.90 Å². The molecule has 1 heterocycles. The summed E-state index contributed by atoms with van der Waals surface area (Å²) in [6, 6.07) is 0.411. The fourth-order valence-corrected chi connectivity index (χ4v) is 1.92. The molecule has 0 spiro atoms. The number of nitrogens with zero attached hydrogens (tertiary/aromatic N) is 1. The fraction of sp³-hybridized carbons (Fsp3) is 0.812. The first-order valence-corrected chi connectivity index (χ1v) is 5.90. The first kappa shape index (κ1) is 30.8. The van der Waals surface area contributed by atoms with Crippen molar-refractivity contribution in [2.45, 2.75) is 75.8 Å². The van der Waals surface area contributed by atoms with Crippen LogP contribution in [-0.2, 0) is 4.79 Å².